The molecule has 0 saturated heterocycles. The van der Waals surface area contributed by atoms with Crippen LogP contribution in [-0.4, -0.2) is 8.42 Å². The van der Waals surface area contributed by atoms with Gasteiger partial charge in [-0.05, 0) is 0 Å². The van der Waals surface area contributed by atoms with E-state index in [4.69, 9.17) is 8.42 Å². The van der Waals surface area contributed by atoms with Crippen LogP contribution in [0, 0.1) is 0 Å². The summed E-state index contributed by atoms with van der Waals surface area (Å²) in [5.41, 5.74) is 0. The molecule has 0 aliphatic rings. The molecule has 0 bridgehead atoms. The standard InChI is InChI=1S/Ag.FO2S/c;1-4(2)3. The Bertz CT molecular complexity index is 92.8. The Balaban J connectivity index is 4.06. The van der Waals surface area contributed by atoms with Crippen LogP contribution in [0.3, 0.4) is 0 Å². The van der Waals surface area contributed by atoms with E-state index in [1.165, 1.54) is 0 Å². The molecule has 0 aliphatic heterocycles. The Kier molecular flexibility index (Phi) is 1.55. The quantitative estimate of drug-likeness (QED) is 0.390. The van der Waals surface area contributed by atoms with Gasteiger partial charge in [0.25, 0.3) is 0 Å². The van der Waals surface area contributed by atoms with E-state index in [1.807, 2.05) is 0 Å². The molecule has 0 heterocycles. The van der Waals surface area contributed by atoms with Crippen molar-refractivity contribution in [2.24, 2.45) is 0 Å². The third-order valence-electron chi connectivity index (χ3n) is 0. The third-order valence-corrected chi connectivity index (χ3v) is 0. The van der Waals surface area contributed by atoms with Gasteiger partial charge in [0.1, 0.15) is 0 Å². The first-order valence-electron chi connectivity index (χ1n) is 0.611. The van der Waals surface area contributed by atoms with Crippen LogP contribution < -0.4 is 0 Å². The van der Waals surface area contributed by atoms with Crippen molar-refractivity contribution >= 4 is 7.69 Å². The Hall–Kier alpha value is 0.620. The van der Waals surface area contributed by atoms with Crippen LogP contribution in [0.1, 0.15) is 0 Å². The van der Waals surface area contributed by atoms with Crippen LogP contribution in [0.2, 0.25) is 0 Å². The number of halogens is 1. The molecule has 0 radical (unpaired) electrons. The fraction of sp³-hybridized carbons (Fsp3) is 0. The van der Waals surface area contributed by atoms with E-state index in [0.717, 1.165) is 0 Å². The maximum atomic E-state index is 10.6. The second-order valence-electron chi connectivity index (χ2n) is 0.341. The van der Waals surface area contributed by atoms with E-state index in [2.05, 4.69) is 0 Å². The molecule has 5 heteroatoms. The van der Waals surface area contributed by atoms with Crippen LogP contribution in [0.15, 0.2) is 0 Å². The molecule has 0 aliphatic carbocycles. The molecular formula is AgFO2S. The van der Waals surface area contributed by atoms with Crippen molar-refractivity contribution in [3.05, 3.63) is 0 Å². The first-order valence-corrected chi connectivity index (χ1v) is 3.65. The summed E-state index contributed by atoms with van der Waals surface area (Å²) in [6, 6.07) is 0. The number of rotatable bonds is 0. The summed E-state index contributed by atoms with van der Waals surface area (Å²) in [5.74, 6) is 0. The second kappa shape index (κ2) is 1.38. The topological polar surface area (TPSA) is 34.1 Å². The molecule has 0 N–H and O–H groups in total. The van der Waals surface area contributed by atoms with Crippen molar-refractivity contribution in [3.8, 4) is 0 Å². The average molecular weight is 191 g/mol. The van der Waals surface area contributed by atoms with Crippen molar-refractivity contribution in [2.75, 3.05) is 0 Å². The SMILES string of the molecule is O=[S](=O)(F)[Ag]. The molecule has 0 amide bonds. The van der Waals surface area contributed by atoms with E-state index in [1.54, 1.807) is 19.7 Å². The van der Waals surface area contributed by atoms with Gasteiger partial charge >= 0.3 is 39.7 Å². The van der Waals surface area contributed by atoms with Crippen molar-refractivity contribution in [2.45, 2.75) is 0 Å². The predicted octanol–water partition coefficient (Wildman–Crippen LogP) is -0.252. The fourth-order valence-corrected chi connectivity index (χ4v) is 0. The van der Waals surface area contributed by atoms with Crippen LogP contribution in [-0.2, 0) is 27.4 Å². The van der Waals surface area contributed by atoms with Crippen LogP contribution in [0.5, 0.6) is 0 Å². The molecule has 0 atom stereocenters. The van der Waals surface area contributed by atoms with E-state index in [9.17, 15) is 3.89 Å². The molecule has 0 rings (SSSR count). The van der Waals surface area contributed by atoms with E-state index < -0.39 is 7.69 Å². The van der Waals surface area contributed by atoms with E-state index in [0.29, 0.717) is 0 Å². The average Bonchev–Trinajstić information content (AvgIpc) is 0.722. The van der Waals surface area contributed by atoms with Gasteiger partial charge in [-0.25, -0.2) is 0 Å². The van der Waals surface area contributed by atoms with Crippen molar-refractivity contribution in [1.29, 1.82) is 0 Å². The summed E-state index contributed by atoms with van der Waals surface area (Å²) in [7, 11) is -4.36. The Morgan fingerprint density at radius 1 is 1.60 bits per heavy atom. The monoisotopic (exact) mass is 190 g/mol. The molecule has 0 saturated carbocycles. The van der Waals surface area contributed by atoms with Crippen molar-refractivity contribution < 1.29 is 32.0 Å². The van der Waals surface area contributed by atoms with E-state index >= 15 is 0 Å². The van der Waals surface area contributed by atoms with Gasteiger partial charge in [-0.3, -0.25) is 0 Å². The van der Waals surface area contributed by atoms with Crippen LogP contribution in [0.4, 0.5) is 3.89 Å². The molecule has 0 aromatic heterocycles. The van der Waals surface area contributed by atoms with Gasteiger partial charge in [-0.15, -0.1) is 0 Å². The Labute approximate surface area is 40.1 Å². The second-order valence-corrected chi connectivity index (χ2v) is 3.19. The van der Waals surface area contributed by atoms with Gasteiger partial charge in [0.15, 0.2) is 0 Å². The molecule has 0 aromatic rings. The van der Waals surface area contributed by atoms with Crippen LogP contribution in [0.25, 0.3) is 0 Å². The van der Waals surface area contributed by atoms with Gasteiger partial charge < -0.3 is 0 Å². The summed E-state index contributed by atoms with van der Waals surface area (Å²) in [6.07, 6.45) is 0. The third kappa shape index (κ3) is 82.5. The summed E-state index contributed by atoms with van der Waals surface area (Å²) in [6.45, 7) is 0. The minimum absolute atomic E-state index is 1.70. The van der Waals surface area contributed by atoms with Crippen LogP contribution >= 0.6 is 0 Å². The van der Waals surface area contributed by atoms with Gasteiger partial charge in [0.2, 0.25) is 0 Å². The molecule has 0 spiro atoms. The zero-order valence-electron chi connectivity index (χ0n) is 1.90. The van der Waals surface area contributed by atoms with Crippen molar-refractivity contribution in [1.82, 2.24) is 0 Å². The minimum atomic E-state index is -4.36. The van der Waals surface area contributed by atoms with Gasteiger partial charge in [0, 0.05) is 0 Å². The molecule has 0 aromatic carbocycles. The van der Waals surface area contributed by atoms with Gasteiger partial charge in [-0.1, -0.05) is 0 Å². The zero-order chi connectivity index (χ0) is 4.50. The van der Waals surface area contributed by atoms with Gasteiger partial charge in [-0.2, -0.15) is 0 Å². The maximum absolute atomic E-state index is 10.6. The van der Waals surface area contributed by atoms with E-state index in [-0.39, 0.29) is 0 Å². The first kappa shape index (κ1) is 5.62. The normalized spacial score (nSPS) is 11.8. The summed E-state index contributed by atoms with van der Waals surface area (Å²) in [5, 5.41) is 0. The summed E-state index contributed by atoms with van der Waals surface area (Å²) in [4.78, 5) is 0. The van der Waals surface area contributed by atoms with Gasteiger partial charge in [0.05, 0.1) is 0 Å². The molecule has 2 nitrogen and oxygen atoms in total. The number of hydrogen-bond acceptors (Lipinski definition) is 2. The first-order chi connectivity index (χ1) is 2.00. The molecule has 5 heavy (non-hydrogen) atoms. The Morgan fingerprint density at radius 2 is 1.60 bits per heavy atom. The van der Waals surface area contributed by atoms with Crippen molar-refractivity contribution in [3.63, 3.8) is 0 Å². The predicted molar refractivity (Wildman–Crippen MR) is 10.0 cm³/mol. The molecule has 0 fully saturated rings. The fourth-order valence-electron chi connectivity index (χ4n) is 0. The molecule has 36 valence electrons. The summed E-state index contributed by atoms with van der Waals surface area (Å²) < 4.78 is 28.3. The Morgan fingerprint density at radius 3 is 1.60 bits per heavy atom. The molecule has 0 unspecified atom stereocenters. The number of hydrogen-bond donors (Lipinski definition) is 0. The summed E-state index contributed by atoms with van der Waals surface area (Å²) >= 11 is 1.70. The zero-order valence-corrected chi connectivity index (χ0v) is 4.20. The molecular weight excluding hydrogens is 191 g/mol.